The molecule has 1 rings (SSSR count). The lowest BCUT2D eigenvalue weighted by atomic mass is 10.3. The summed E-state index contributed by atoms with van der Waals surface area (Å²) in [7, 11) is -4.03. The number of amides is 3. The molecule has 0 aliphatic carbocycles. The van der Waals surface area contributed by atoms with E-state index < -0.39 is 28.1 Å². The van der Waals surface area contributed by atoms with Crippen molar-refractivity contribution in [2.45, 2.75) is 17.9 Å². The van der Waals surface area contributed by atoms with Gasteiger partial charge in [-0.15, -0.1) is 0 Å². The number of sulfonamides is 1. The van der Waals surface area contributed by atoms with Crippen LogP contribution in [0.2, 0.25) is 0 Å². The van der Waals surface area contributed by atoms with Crippen molar-refractivity contribution >= 4 is 37.9 Å². The summed E-state index contributed by atoms with van der Waals surface area (Å²) >= 11 is 3.10. The van der Waals surface area contributed by atoms with Crippen LogP contribution in [0.5, 0.6) is 5.75 Å². The van der Waals surface area contributed by atoms with Gasteiger partial charge >= 0.3 is 6.03 Å². The Morgan fingerprint density at radius 1 is 1.40 bits per heavy atom. The molecule has 0 aliphatic rings. The third kappa shape index (κ3) is 4.47. The molecule has 0 spiro atoms. The van der Waals surface area contributed by atoms with Gasteiger partial charge < -0.3 is 10.5 Å². The lowest BCUT2D eigenvalue weighted by Gasteiger charge is -2.15. The number of nitrogens with one attached hydrogen (secondary N) is 1. The average Bonchev–Trinajstić information content (AvgIpc) is 2.29. The van der Waals surface area contributed by atoms with Crippen molar-refractivity contribution in [3.05, 3.63) is 22.7 Å². The standard InChI is InChI=1S/C10H12BrN3O5S/c1-5(9(15)14-10(12)16)19-7-3-2-6(11)4-8(7)20(13,17)18/h2-5H,1H3,(H2,13,17,18)(H3,12,14,15,16). The van der Waals surface area contributed by atoms with Gasteiger partial charge in [-0.3, -0.25) is 10.1 Å². The molecule has 110 valence electrons. The number of primary sulfonamides is 1. The van der Waals surface area contributed by atoms with E-state index in [9.17, 15) is 18.0 Å². The second kappa shape index (κ2) is 6.20. The quantitative estimate of drug-likeness (QED) is 0.691. The van der Waals surface area contributed by atoms with Gasteiger partial charge in [-0.1, -0.05) is 15.9 Å². The van der Waals surface area contributed by atoms with Gasteiger partial charge in [-0.25, -0.2) is 18.4 Å². The minimum absolute atomic E-state index is 0.108. The molecule has 1 atom stereocenters. The van der Waals surface area contributed by atoms with Crippen molar-refractivity contribution in [2.75, 3.05) is 0 Å². The van der Waals surface area contributed by atoms with Gasteiger partial charge in [0.1, 0.15) is 10.6 Å². The average molecular weight is 366 g/mol. The first-order valence-corrected chi connectivity index (χ1v) is 7.54. The fourth-order valence-corrected chi connectivity index (χ4v) is 2.47. The van der Waals surface area contributed by atoms with E-state index in [4.69, 9.17) is 15.6 Å². The summed E-state index contributed by atoms with van der Waals surface area (Å²) in [5, 5.41) is 6.87. The number of ether oxygens (including phenoxy) is 1. The van der Waals surface area contributed by atoms with E-state index in [1.165, 1.54) is 25.1 Å². The maximum atomic E-state index is 11.5. The van der Waals surface area contributed by atoms with Crippen LogP contribution in [0.25, 0.3) is 0 Å². The number of hydrogen-bond donors (Lipinski definition) is 3. The van der Waals surface area contributed by atoms with Crippen molar-refractivity contribution in [1.82, 2.24) is 5.32 Å². The Hall–Kier alpha value is -1.65. The highest BCUT2D eigenvalue weighted by molar-refractivity contribution is 9.10. The van der Waals surface area contributed by atoms with E-state index in [2.05, 4.69) is 15.9 Å². The van der Waals surface area contributed by atoms with Crippen molar-refractivity contribution in [3.8, 4) is 5.75 Å². The maximum absolute atomic E-state index is 11.5. The fraction of sp³-hybridized carbons (Fsp3) is 0.200. The molecule has 0 radical (unpaired) electrons. The van der Waals surface area contributed by atoms with Crippen LogP contribution in [0.3, 0.4) is 0 Å². The molecule has 0 bridgehead atoms. The van der Waals surface area contributed by atoms with E-state index in [1.807, 2.05) is 5.32 Å². The Morgan fingerprint density at radius 2 is 2.00 bits per heavy atom. The van der Waals surface area contributed by atoms with E-state index in [1.54, 1.807) is 0 Å². The summed E-state index contributed by atoms with van der Waals surface area (Å²) in [5.41, 5.74) is 4.80. The predicted molar refractivity (Wildman–Crippen MR) is 73.3 cm³/mol. The summed E-state index contributed by atoms with van der Waals surface area (Å²) < 4.78 is 28.5. The van der Waals surface area contributed by atoms with E-state index in [-0.39, 0.29) is 10.6 Å². The van der Waals surface area contributed by atoms with E-state index >= 15 is 0 Å². The molecule has 1 unspecified atom stereocenters. The minimum atomic E-state index is -4.03. The molecule has 0 saturated heterocycles. The molecule has 1 aromatic rings. The molecule has 20 heavy (non-hydrogen) atoms. The van der Waals surface area contributed by atoms with Gasteiger partial charge in [-0.2, -0.15) is 0 Å². The van der Waals surface area contributed by atoms with Crippen LogP contribution in [0.4, 0.5) is 4.79 Å². The Labute approximate surface area is 123 Å². The van der Waals surface area contributed by atoms with E-state index in [0.717, 1.165) is 0 Å². The number of nitrogens with two attached hydrogens (primary N) is 2. The number of benzene rings is 1. The molecule has 3 amide bonds. The Morgan fingerprint density at radius 3 is 2.50 bits per heavy atom. The van der Waals surface area contributed by atoms with Gasteiger partial charge in [0.25, 0.3) is 5.91 Å². The van der Waals surface area contributed by atoms with Crippen LogP contribution in [0.1, 0.15) is 6.92 Å². The molecule has 0 aromatic heterocycles. The van der Waals surface area contributed by atoms with Crippen molar-refractivity contribution in [2.24, 2.45) is 10.9 Å². The fourth-order valence-electron chi connectivity index (χ4n) is 1.27. The molecule has 10 heteroatoms. The highest BCUT2D eigenvalue weighted by Crippen LogP contribution is 2.27. The van der Waals surface area contributed by atoms with Gasteiger partial charge in [0.15, 0.2) is 6.10 Å². The number of hydrogen-bond acceptors (Lipinski definition) is 5. The van der Waals surface area contributed by atoms with Gasteiger partial charge in [0.05, 0.1) is 0 Å². The molecular formula is C10H12BrN3O5S. The zero-order valence-electron chi connectivity index (χ0n) is 10.3. The van der Waals surface area contributed by atoms with Crippen LogP contribution in [-0.2, 0) is 14.8 Å². The second-order valence-electron chi connectivity index (χ2n) is 3.75. The molecular weight excluding hydrogens is 354 g/mol. The Balaban J connectivity index is 3.04. The zero-order valence-corrected chi connectivity index (χ0v) is 12.7. The predicted octanol–water partition coefficient (Wildman–Crippen LogP) is 0.0587. The summed E-state index contributed by atoms with van der Waals surface area (Å²) in [4.78, 5) is 21.7. The first-order valence-electron chi connectivity index (χ1n) is 5.20. The number of primary amides is 1. The molecule has 0 fully saturated rings. The van der Waals surface area contributed by atoms with Crippen molar-refractivity contribution < 1.29 is 22.7 Å². The molecule has 0 heterocycles. The second-order valence-corrected chi connectivity index (χ2v) is 6.20. The third-order valence-corrected chi connectivity index (χ3v) is 3.56. The number of halogens is 1. The number of rotatable bonds is 4. The number of carbonyl (C=O) groups excluding carboxylic acids is 2. The molecule has 5 N–H and O–H groups in total. The van der Waals surface area contributed by atoms with Crippen molar-refractivity contribution in [1.29, 1.82) is 0 Å². The van der Waals surface area contributed by atoms with Crippen molar-refractivity contribution in [3.63, 3.8) is 0 Å². The van der Waals surface area contributed by atoms with Gasteiger partial charge in [0, 0.05) is 4.47 Å². The monoisotopic (exact) mass is 365 g/mol. The topological polar surface area (TPSA) is 142 Å². The lowest BCUT2D eigenvalue weighted by molar-refractivity contribution is -0.126. The van der Waals surface area contributed by atoms with Crippen LogP contribution in [0.15, 0.2) is 27.6 Å². The summed E-state index contributed by atoms with van der Waals surface area (Å²) in [5.74, 6) is -0.913. The minimum Gasteiger partial charge on any atom is -0.479 e. The number of carbonyl (C=O) groups is 2. The first-order chi connectivity index (χ1) is 9.11. The maximum Gasteiger partial charge on any atom is 0.318 e. The highest BCUT2D eigenvalue weighted by Gasteiger charge is 2.21. The lowest BCUT2D eigenvalue weighted by Crippen LogP contribution is -2.42. The summed E-state index contributed by atoms with van der Waals surface area (Å²) in [6.07, 6.45) is -1.14. The SMILES string of the molecule is CC(Oc1ccc(Br)cc1S(N)(=O)=O)C(=O)NC(N)=O. The molecule has 8 nitrogen and oxygen atoms in total. The van der Waals surface area contributed by atoms with E-state index in [0.29, 0.717) is 4.47 Å². The number of urea groups is 1. The van der Waals surface area contributed by atoms with Crippen LogP contribution >= 0.6 is 15.9 Å². The highest BCUT2D eigenvalue weighted by atomic mass is 79.9. The normalized spacial score (nSPS) is 12.6. The largest absolute Gasteiger partial charge is 0.479 e. The van der Waals surface area contributed by atoms with Gasteiger partial charge in [-0.05, 0) is 25.1 Å². The van der Waals surface area contributed by atoms with Gasteiger partial charge in [0.2, 0.25) is 10.0 Å². The molecule has 1 aromatic carbocycles. The molecule has 0 aliphatic heterocycles. The van der Waals surface area contributed by atoms with Crippen LogP contribution < -0.4 is 20.9 Å². The smallest absolute Gasteiger partial charge is 0.318 e. The van der Waals surface area contributed by atoms with Crippen LogP contribution in [-0.4, -0.2) is 26.5 Å². The summed E-state index contributed by atoms with van der Waals surface area (Å²) in [6.45, 7) is 1.33. The molecule has 0 saturated carbocycles. The third-order valence-electron chi connectivity index (χ3n) is 2.13. The number of imide groups is 1. The Kier molecular flexibility index (Phi) is 5.09. The Bertz CT molecular complexity index is 646. The zero-order chi connectivity index (χ0) is 15.5. The summed E-state index contributed by atoms with van der Waals surface area (Å²) in [6, 6.07) is 3.05. The first kappa shape index (κ1) is 16.4. The van der Waals surface area contributed by atoms with Crippen LogP contribution in [0, 0.1) is 0 Å².